The minimum Gasteiger partial charge on any atom is -0.335 e. The number of hydrogen-bond acceptors (Lipinski definition) is 12. The number of H-pyrrole nitrogens is 1. The van der Waals surface area contributed by atoms with Gasteiger partial charge in [-0.15, -0.1) is 0 Å². The third-order valence-electron chi connectivity index (χ3n) is 6.03. The van der Waals surface area contributed by atoms with Crippen molar-refractivity contribution in [2.24, 2.45) is 0 Å². The highest BCUT2D eigenvalue weighted by Crippen LogP contribution is 2.31. The number of rotatable bonds is 8. The van der Waals surface area contributed by atoms with Crippen LogP contribution < -0.4 is 0 Å². The third-order valence-corrected chi connectivity index (χ3v) is 9.47. The van der Waals surface area contributed by atoms with Crippen LogP contribution in [0.3, 0.4) is 0 Å². The number of carbonyl (C=O) groups is 2. The van der Waals surface area contributed by atoms with Crippen LogP contribution in [0.1, 0.15) is 32.4 Å². The zero-order valence-corrected chi connectivity index (χ0v) is 24.3. The first-order chi connectivity index (χ1) is 20.2. The van der Waals surface area contributed by atoms with Gasteiger partial charge in [0.05, 0.1) is 32.5 Å². The van der Waals surface area contributed by atoms with E-state index in [1.54, 1.807) is 12.1 Å². The minimum atomic E-state index is -5.68. The molecule has 5 aromatic rings. The van der Waals surface area contributed by atoms with Crippen molar-refractivity contribution >= 4 is 74.3 Å². The van der Waals surface area contributed by atoms with Crippen LogP contribution in [0, 0.1) is 0 Å². The van der Waals surface area contributed by atoms with Crippen molar-refractivity contribution in [2.45, 2.75) is 14.7 Å². The van der Waals surface area contributed by atoms with E-state index < -0.39 is 101 Å². The molecule has 22 heteroatoms. The van der Waals surface area contributed by atoms with Crippen molar-refractivity contribution in [2.75, 3.05) is 0 Å². The van der Waals surface area contributed by atoms with Gasteiger partial charge in [-0.05, 0) is 42.5 Å². The minimum absolute atomic E-state index is 0.272. The summed E-state index contributed by atoms with van der Waals surface area (Å²) in [7, 11) is -22.0. The van der Waals surface area contributed by atoms with Crippen molar-refractivity contribution in [1.29, 1.82) is 0 Å². The number of hydrogen-bond donors (Lipinski definition) is 5. The standard InChI is InChI=1S/C22H14N4O14S4/c27-19(21-23-12-3-1-2-4-13(12)24-21)10-7-16(42(32,33)34)18(17(8-10)43(35,36)37)20(28)22-25-14-6-5-11(41(29,30)31)9-15(14)26(22)44(38,39)40/h1-9H,(H,23,24)(H,29,30,31)(H,32,33,34)(H,35,36,37)(H,38,39,40). The Kier molecular flexibility index (Phi) is 7.09. The Morgan fingerprint density at radius 1 is 0.682 bits per heavy atom. The molecule has 0 aliphatic heterocycles. The zero-order valence-electron chi connectivity index (χ0n) is 21.0. The molecule has 44 heavy (non-hydrogen) atoms. The fourth-order valence-electron chi connectivity index (χ4n) is 4.23. The second kappa shape index (κ2) is 10.1. The Bertz CT molecular complexity index is 2450. The quantitative estimate of drug-likeness (QED) is 0.111. The molecule has 0 saturated heterocycles. The van der Waals surface area contributed by atoms with Gasteiger partial charge in [0.2, 0.25) is 11.6 Å². The van der Waals surface area contributed by atoms with E-state index in [9.17, 15) is 61.5 Å². The number of nitrogens with zero attached hydrogens (tertiary/aromatic N) is 3. The van der Waals surface area contributed by atoms with Crippen LogP contribution in [0.5, 0.6) is 0 Å². The lowest BCUT2D eigenvalue weighted by Crippen LogP contribution is -2.23. The Hall–Kier alpha value is -4.42. The van der Waals surface area contributed by atoms with Gasteiger partial charge in [0.25, 0.3) is 30.4 Å². The van der Waals surface area contributed by atoms with Gasteiger partial charge in [-0.25, -0.2) is 9.97 Å². The number of carbonyl (C=O) groups excluding carboxylic acids is 2. The third kappa shape index (κ3) is 5.50. The molecular formula is C22H14N4O14S4. The molecule has 230 valence electrons. The van der Waals surface area contributed by atoms with Gasteiger partial charge in [-0.1, -0.05) is 12.1 Å². The highest BCUT2D eigenvalue weighted by atomic mass is 32.2. The molecule has 0 bridgehead atoms. The Balaban J connectivity index is 1.83. The van der Waals surface area contributed by atoms with E-state index in [1.807, 2.05) is 0 Å². The lowest BCUT2D eigenvalue weighted by Gasteiger charge is -2.13. The average molecular weight is 687 g/mol. The maximum Gasteiger partial charge on any atom is 0.365 e. The number of nitrogens with one attached hydrogen (secondary N) is 1. The number of imidazole rings is 2. The predicted molar refractivity (Wildman–Crippen MR) is 146 cm³/mol. The maximum atomic E-state index is 13.7. The van der Waals surface area contributed by atoms with Crippen molar-refractivity contribution in [3.8, 4) is 0 Å². The number of aromatic nitrogens is 4. The van der Waals surface area contributed by atoms with Crippen molar-refractivity contribution in [3.63, 3.8) is 0 Å². The Morgan fingerprint density at radius 2 is 1.27 bits per heavy atom. The number of benzene rings is 3. The fourth-order valence-corrected chi connectivity index (χ4v) is 7.01. The van der Waals surface area contributed by atoms with Crippen molar-refractivity contribution in [3.05, 3.63) is 77.4 Å². The molecule has 0 atom stereocenters. The molecule has 0 amide bonds. The SMILES string of the molecule is O=C(c1cc(S(=O)(=O)O)c(C(=O)c2nc3ccc(S(=O)(=O)O)cc3n2S(=O)(=O)O)c(S(=O)(=O)O)c1)c1nc2ccccc2[nH]1. The fraction of sp³-hybridized carbons (Fsp3) is 0. The molecular weight excluding hydrogens is 673 g/mol. The smallest absolute Gasteiger partial charge is 0.335 e. The molecule has 2 heterocycles. The molecule has 0 saturated carbocycles. The molecule has 5 N–H and O–H groups in total. The predicted octanol–water partition coefficient (Wildman–Crippen LogP) is 0.766. The average Bonchev–Trinajstić information content (AvgIpc) is 3.51. The number of para-hydroxylation sites is 2. The highest BCUT2D eigenvalue weighted by Gasteiger charge is 2.36. The van der Waals surface area contributed by atoms with Crippen molar-refractivity contribution < 1.29 is 61.5 Å². The first-order valence-electron chi connectivity index (χ1n) is 11.3. The molecule has 3 aromatic carbocycles. The molecule has 18 nitrogen and oxygen atoms in total. The largest absolute Gasteiger partial charge is 0.365 e. The van der Waals surface area contributed by atoms with Gasteiger partial charge < -0.3 is 4.98 Å². The van der Waals surface area contributed by atoms with Gasteiger partial charge in [-0.3, -0.25) is 27.8 Å². The summed E-state index contributed by atoms with van der Waals surface area (Å²) in [6, 6.07) is 8.85. The van der Waals surface area contributed by atoms with E-state index in [2.05, 4.69) is 15.0 Å². The molecule has 0 fully saturated rings. The summed E-state index contributed by atoms with van der Waals surface area (Å²) in [5.41, 5.74) is -3.22. The molecule has 0 aliphatic carbocycles. The van der Waals surface area contributed by atoms with E-state index in [4.69, 9.17) is 0 Å². The van der Waals surface area contributed by atoms with E-state index in [0.717, 1.165) is 12.1 Å². The normalized spacial score (nSPS) is 13.0. The van der Waals surface area contributed by atoms with Crippen LogP contribution in [-0.4, -0.2) is 82.4 Å². The number of fused-ring (bicyclic) bond motifs is 2. The van der Waals surface area contributed by atoms with Crippen LogP contribution in [0.15, 0.2) is 69.3 Å². The summed E-state index contributed by atoms with van der Waals surface area (Å²) in [5.74, 6) is -5.04. The lowest BCUT2D eigenvalue weighted by molar-refractivity contribution is 0.101. The van der Waals surface area contributed by atoms with Crippen LogP contribution in [-0.2, 0) is 40.7 Å². The molecule has 0 radical (unpaired) electrons. The van der Waals surface area contributed by atoms with Gasteiger partial charge in [0, 0.05) is 5.56 Å². The monoisotopic (exact) mass is 686 g/mol. The highest BCUT2D eigenvalue weighted by molar-refractivity contribution is 7.87. The molecule has 0 unspecified atom stereocenters. The van der Waals surface area contributed by atoms with Gasteiger partial charge in [-0.2, -0.15) is 37.6 Å². The van der Waals surface area contributed by atoms with E-state index >= 15 is 0 Å². The van der Waals surface area contributed by atoms with E-state index in [1.165, 1.54) is 12.1 Å². The number of aromatic amines is 1. The summed E-state index contributed by atoms with van der Waals surface area (Å²) >= 11 is 0. The van der Waals surface area contributed by atoms with Crippen LogP contribution in [0.25, 0.3) is 22.1 Å². The number of ketones is 2. The van der Waals surface area contributed by atoms with E-state index in [-0.39, 0.29) is 9.49 Å². The molecule has 0 aliphatic rings. The maximum absolute atomic E-state index is 13.7. The Morgan fingerprint density at radius 3 is 1.80 bits per heavy atom. The van der Waals surface area contributed by atoms with E-state index in [0.29, 0.717) is 23.7 Å². The van der Waals surface area contributed by atoms with Crippen LogP contribution in [0.2, 0.25) is 0 Å². The first kappa shape index (κ1) is 31.0. The summed E-state index contributed by atoms with van der Waals surface area (Å²) in [6.07, 6.45) is 0. The zero-order chi connectivity index (χ0) is 32.6. The van der Waals surface area contributed by atoms with Gasteiger partial charge in [0.15, 0.2) is 11.6 Å². The lowest BCUT2D eigenvalue weighted by atomic mass is 10.0. The summed E-state index contributed by atoms with van der Waals surface area (Å²) in [5, 5.41) is 0. The first-order valence-corrected chi connectivity index (χ1v) is 17.0. The summed E-state index contributed by atoms with van der Waals surface area (Å²) in [4.78, 5) is 33.0. The van der Waals surface area contributed by atoms with Gasteiger partial charge >= 0.3 is 10.3 Å². The Labute approximate surface area is 246 Å². The molecule has 5 rings (SSSR count). The topological polar surface area (TPSA) is 298 Å². The van der Waals surface area contributed by atoms with Crippen molar-refractivity contribution in [1.82, 2.24) is 18.9 Å². The summed E-state index contributed by atoms with van der Waals surface area (Å²) in [6.45, 7) is 0. The second-order valence-corrected chi connectivity index (χ2v) is 14.3. The second-order valence-electron chi connectivity index (χ2n) is 8.86. The van der Waals surface area contributed by atoms with Crippen LogP contribution in [0.4, 0.5) is 0 Å². The summed E-state index contributed by atoms with van der Waals surface area (Å²) < 4.78 is 136. The molecule has 2 aromatic heterocycles. The van der Waals surface area contributed by atoms with Crippen LogP contribution >= 0.6 is 0 Å². The molecule has 0 spiro atoms. The van der Waals surface area contributed by atoms with Gasteiger partial charge in [0.1, 0.15) is 9.79 Å².